The van der Waals surface area contributed by atoms with Gasteiger partial charge >= 0.3 is 6.09 Å². The molecule has 8 heteroatoms. The van der Waals surface area contributed by atoms with Crippen LogP contribution in [0, 0.1) is 0 Å². The molecule has 0 saturated heterocycles. The molecule has 0 aromatic heterocycles. The van der Waals surface area contributed by atoms with Crippen molar-refractivity contribution in [2.24, 2.45) is 4.99 Å². The Morgan fingerprint density at radius 2 is 1.71 bits per heavy atom. The second-order valence-corrected chi connectivity index (χ2v) is 7.12. The van der Waals surface area contributed by atoms with Gasteiger partial charge in [-0.05, 0) is 44.9 Å². The largest absolute Gasteiger partial charge is 0.491 e. The number of ether oxygens (including phenoxy) is 3. The van der Waals surface area contributed by atoms with Crippen molar-refractivity contribution in [2.75, 3.05) is 40.5 Å². The third-order valence-corrected chi connectivity index (χ3v) is 3.48. The molecule has 1 amide bonds. The van der Waals surface area contributed by atoms with E-state index < -0.39 is 11.7 Å². The highest BCUT2D eigenvalue weighted by Gasteiger charge is 2.15. The molecule has 1 aromatic rings. The van der Waals surface area contributed by atoms with E-state index in [-0.39, 0.29) is 0 Å². The van der Waals surface area contributed by atoms with E-state index in [0.717, 1.165) is 17.7 Å². The minimum Gasteiger partial charge on any atom is -0.491 e. The maximum absolute atomic E-state index is 11.6. The first-order chi connectivity index (χ1) is 13.3. The molecule has 0 heterocycles. The van der Waals surface area contributed by atoms with Gasteiger partial charge < -0.3 is 30.2 Å². The van der Waals surface area contributed by atoms with Gasteiger partial charge in [-0.1, -0.05) is 12.1 Å². The van der Waals surface area contributed by atoms with Crippen LogP contribution in [0.1, 0.15) is 32.8 Å². The molecule has 0 aliphatic rings. The van der Waals surface area contributed by atoms with Crippen LogP contribution in [0.15, 0.2) is 29.3 Å². The lowest BCUT2D eigenvalue weighted by Gasteiger charge is -2.19. The zero-order valence-electron chi connectivity index (χ0n) is 17.6. The molecular weight excluding hydrogens is 360 g/mol. The molecule has 0 saturated carbocycles. The van der Waals surface area contributed by atoms with Crippen molar-refractivity contribution in [3.63, 3.8) is 0 Å². The minimum absolute atomic E-state index is 0.398. The highest BCUT2D eigenvalue weighted by Crippen LogP contribution is 2.12. The van der Waals surface area contributed by atoms with Crippen LogP contribution in [0.3, 0.4) is 0 Å². The zero-order chi connectivity index (χ0) is 20.8. The predicted octanol–water partition coefficient (Wildman–Crippen LogP) is 2.29. The van der Waals surface area contributed by atoms with E-state index in [0.29, 0.717) is 38.8 Å². The fraction of sp³-hybridized carbons (Fsp3) is 0.600. The van der Waals surface area contributed by atoms with Gasteiger partial charge in [-0.3, -0.25) is 4.99 Å². The average Bonchev–Trinajstić information content (AvgIpc) is 2.64. The second-order valence-electron chi connectivity index (χ2n) is 7.12. The van der Waals surface area contributed by atoms with Crippen molar-refractivity contribution >= 4 is 12.1 Å². The predicted molar refractivity (Wildman–Crippen MR) is 111 cm³/mol. The van der Waals surface area contributed by atoms with Crippen molar-refractivity contribution in [1.29, 1.82) is 0 Å². The number of hydrogen-bond acceptors (Lipinski definition) is 5. The number of carbonyl (C=O) groups is 1. The monoisotopic (exact) mass is 394 g/mol. The number of guanidine groups is 1. The topological polar surface area (TPSA) is 93.2 Å². The molecule has 0 aliphatic heterocycles. The first-order valence-corrected chi connectivity index (χ1v) is 9.46. The molecule has 0 spiro atoms. The molecule has 0 bridgehead atoms. The van der Waals surface area contributed by atoms with Gasteiger partial charge in [0, 0.05) is 33.8 Å². The maximum atomic E-state index is 11.6. The molecule has 1 aromatic carbocycles. The Morgan fingerprint density at radius 3 is 2.32 bits per heavy atom. The summed E-state index contributed by atoms with van der Waals surface area (Å²) in [5, 5.41) is 9.20. The van der Waals surface area contributed by atoms with Crippen LogP contribution in [0.4, 0.5) is 4.79 Å². The molecule has 8 nitrogen and oxygen atoms in total. The molecule has 0 radical (unpaired) electrons. The third-order valence-electron chi connectivity index (χ3n) is 3.48. The Kier molecular flexibility index (Phi) is 10.8. The van der Waals surface area contributed by atoms with E-state index in [2.05, 4.69) is 20.9 Å². The van der Waals surface area contributed by atoms with Gasteiger partial charge in [0.15, 0.2) is 5.96 Å². The molecule has 158 valence electrons. The lowest BCUT2D eigenvalue weighted by atomic mass is 10.2. The summed E-state index contributed by atoms with van der Waals surface area (Å²) in [7, 11) is 3.37. The van der Waals surface area contributed by atoms with Gasteiger partial charge in [-0.15, -0.1) is 0 Å². The molecule has 0 fully saturated rings. The lowest BCUT2D eigenvalue weighted by Crippen LogP contribution is -2.39. The molecule has 0 unspecified atom stereocenters. The SMILES string of the molecule is CN=C(NCCCNC(=O)OC(C)(C)C)NCc1ccc(OCCOC)cc1. The minimum atomic E-state index is -0.484. The van der Waals surface area contributed by atoms with Crippen LogP contribution in [0.25, 0.3) is 0 Å². The summed E-state index contributed by atoms with van der Waals surface area (Å²) in [5.41, 5.74) is 0.636. The van der Waals surface area contributed by atoms with Crippen LogP contribution in [-0.4, -0.2) is 58.1 Å². The number of amides is 1. The summed E-state index contributed by atoms with van der Waals surface area (Å²) >= 11 is 0. The number of methoxy groups -OCH3 is 1. The van der Waals surface area contributed by atoms with Crippen LogP contribution in [0.2, 0.25) is 0 Å². The van der Waals surface area contributed by atoms with Crippen LogP contribution < -0.4 is 20.7 Å². The molecule has 0 atom stereocenters. The van der Waals surface area contributed by atoms with E-state index in [1.54, 1.807) is 14.2 Å². The first kappa shape index (κ1) is 23.6. The van der Waals surface area contributed by atoms with Crippen LogP contribution in [0.5, 0.6) is 5.75 Å². The van der Waals surface area contributed by atoms with Gasteiger partial charge in [-0.2, -0.15) is 0 Å². The summed E-state index contributed by atoms with van der Waals surface area (Å²) in [6, 6.07) is 7.89. The number of nitrogens with one attached hydrogen (secondary N) is 3. The molecule has 0 aliphatic carbocycles. The summed E-state index contributed by atoms with van der Waals surface area (Å²) in [4.78, 5) is 15.8. The van der Waals surface area contributed by atoms with Gasteiger partial charge in [0.25, 0.3) is 0 Å². The van der Waals surface area contributed by atoms with E-state index in [9.17, 15) is 4.79 Å². The van der Waals surface area contributed by atoms with Gasteiger partial charge in [0.05, 0.1) is 6.61 Å². The maximum Gasteiger partial charge on any atom is 0.407 e. The van der Waals surface area contributed by atoms with Crippen molar-refractivity contribution in [3.8, 4) is 5.75 Å². The number of hydrogen-bond donors (Lipinski definition) is 3. The number of carbonyl (C=O) groups excluding carboxylic acids is 1. The fourth-order valence-corrected chi connectivity index (χ4v) is 2.15. The Bertz CT molecular complexity index is 597. The first-order valence-electron chi connectivity index (χ1n) is 9.46. The Balaban J connectivity index is 2.22. The van der Waals surface area contributed by atoms with Crippen molar-refractivity contribution in [2.45, 2.75) is 39.3 Å². The standard InChI is InChI=1S/C20H34N4O4/c1-20(2,3)28-19(25)23-12-6-11-22-18(21-4)24-15-16-7-9-17(10-8-16)27-14-13-26-5/h7-10H,6,11-15H2,1-5H3,(H,23,25)(H2,21,22,24). The molecule has 1 rings (SSSR count). The number of aliphatic imine (C=N–C) groups is 1. The quantitative estimate of drug-likeness (QED) is 0.320. The van der Waals surface area contributed by atoms with Crippen LogP contribution >= 0.6 is 0 Å². The van der Waals surface area contributed by atoms with Gasteiger partial charge in [0.2, 0.25) is 0 Å². The van der Waals surface area contributed by atoms with E-state index in [1.165, 1.54) is 0 Å². The van der Waals surface area contributed by atoms with E-state index in [1.807, 2.05) is 45.0 Å². The van der Waals surface area contributed by atoms with Crippen molar-refractivity contribution < 1.29 is 19.0 Å². The number of nitrogens with zero attached hydrogens (tertiary/aromatic N) is 1. The highest BCUT2D eigenvalue weighted by atomic mass is 16.6. The summed E-state index contributed by atoms with van der Waals surface area (Å²) in [6.45, 7) is 8.48. The number of benzene rings is 1. The molecule has 3 N–H and O–H groups in total. The smallest absolute Gasteiger partial charge is 0.407 e. The van der Waals surface area contributed by atoms with Crippen LogP contribution in [-0.2, 0) is 16.0 Å². The highest BCUT2D eigenvalue weighted by molar-refractivity contribution is 5.79. The molecule has 28 heavy (non-hydrogen) atoms. The van der Waals surface area contributed by atoms with E-state index >= 15 is 0 Å². The number of alkyl carbamates (subject to hydrolysis) is 1. The number of rotatable bonds is 10. The second kappa shape index (κ2) is 12.8. The summed E-state index contributed by atoms with van der Waals surface area (Å²) < 4.78 is 15.7. The Morgan fingerprint density at radius 1 is 1.04 bits per heavy atom. The normalized spacial score (nSPS) is 11.7. The third kappa shape index (κ3) is 11.3. The van der Waals surface area contributed by atoms with Gasteiger partial charge in [0.1, 0.15) is 18.0 Å². The Hall–Kier alpha value is -2.48. The van der Waals surface area contributed by atoms with Crippen molar-refractivity contribution in [1.82, 2.24) is 16.0 Å². The summed E-state index contributed by atoms with van der Waals surface area (Å²) in [5.74, 6) is 1.53. The zero-order valence-corrected chi connectivity index (χ0v) is 17.6. The average molecular weight is 395 g/mol. The summed E-state index contributed by atoms with van der Waals surface area (Å²) in [6.07, 6.45) is 0.359. The fourth-order valence-electron chi connectivity index (χ4n) is 2.15. The van der Waals surface area contributed by atoms with E-state index in [4.69, 9.17) is 14.2 Å². The lowest BCUT2D eigenvalue weighted by molar-refractivity contribution is 0.0527. The van der Waals surface area contributed by atoms with Crippen molar-refractivity contribution in [3.05, 3.63) is 29.8 Å². The Labute approximate surface area is 168 Å². The van der Waals surface area contributed by atoms with Gasteiger partial charge in [-0.25, -0.2) is 4.79 Å². The molecular formula is C20H34N4O4.